The molecule has 220 valence electrons. The number of benzene rings is 7. The number of rotatable bonds is 3. The van der Waals surface area contributed by atoms with Crippen molar-refractivity contribution in [3.05, 3.63) is 145 Å². The molecule has 0 aliphatic heterocycles. The van der Waals surface area contributed by atoms with Crippen LogP contribution in [0.25, 0.3) is 76.4 Å². The molecule has 7 aromatic carbocycles. The first kappa shape index (κ1) is 26.1. The van der Waals surface area contributed by atoms with Crippen LogP contribution in [0.5, 0.6) is 0 Å². The van der Waals surface area contributed by atoms with E-state index in [1.54, 1.807) is 12.1 Å². The number of para-hydroxylation sites is 2. The second-order valence-electron chi connectivity index (χ2n) is 12.0. The SMILES string of the molecule is N#Cc1ccc(S(=O)(=O)c2ccc(-n3c4cccc5c6ccccc6n6c7ccccc7c7c8ccccc8c3c(c54)c76)cc2)cc1. The molecule has 0 N–H and O–H groups in total. The Hall–Kier alpha value is -6.16. The van der Waals surface area contributed by atoms with Crippen molar-refractivity contribution in [1.82, 2.24) is 8.97 Å². The number of nitriles is 1. The van der Waals surface area contributed by atoms with Crippen LogP contribution >= 0.6 is 0 Å². The highest BCUT2D eigenvalue weighted by Crippen LogP contribution is 2.48. The molecule has 6 heteroatoms. The first-order chi connectivity index (χ1) is 23.1. The molecular formula is C41H23N3O2S. The number of aromatic nitrogens is 2. The maximum absolute atomic E-state index is 13.6. The Bertz CT molecular complexity index is 3070. The monoisotopic (exact) mass is 621 g/mol. The molecule has 0 saturated carbocycles. The van der Waals surface area contributed by atoms with Crippen molar-refractivity contribution in [2.75, 3.05) is 0 Å². The highest BCUT2D eigenvalue weighted by atomic mass is 32.2. The van der Waals surface area contributed by atoms with Gasteiger partial charge in [0.25, 0.3) is 0 Å². The first-order valence-corrected chi connectivity index (χ1v) is 16.9. The first-order valence-electron chi connectivity index (χ1n) is 15.4. The van der Waals surface area contributed by atoms with Crippen molar-refractivity contribution >= 4 is 80.5 Å². The molecule has 0 atom stereocenters. The third-order valence-electron chi connectivity index (χ3n) is 9.69. The largest absolute Gasteiger partial charge is 0.309 e. The Labute approximate surface area is 269 Å². The van der Waals surface area contributed by atoms with Gasteiger partial charge in [-0.15, -0.1) is 0 Å². The van der Waals surface area contributed by atoms with E-state index in [-0.39, 0.29) is 9.79 Å². The summed E-state index contributed by atoms with van der Waals surface area (Å²) in [5, 5.41) is 18.6. The Kier molecular flexibility index (Phi) is 5.11. The fourth-order valence-electron chi connectivity index (χ4n) is 7.74. The van der Waals surface area contributed by atoms with Crippen LogP contribution in [0.15, 0.2) is 149 Å². The van der Waals surface area contributed by atoms with Crippen LogP contribution in [0.3, 0.4) is 0 Å². The lowest BCUT2D eigenvalue weighted by atomic mass is 9.98. The molecule has 0 unspecified atom stereocenters. The number of sulfone groups is 1. The van der Waals surface area contributed by atoms with Gasteiger partial charge in [-0.25, -0.2) is 8.42 Å². The van der Waals surface area contributed by atoms with E-state index in [9.17, 15) is 8.42 Å². The standard InChI is InChI=1S/C41H23N3O2S/c42-24-25-16-20-27(21-17-25)47(45,46)28-22-18-26(19-23-28)43-36-15-7-12-30-29-8-3-5-13-34(29)44-35-14-6-4-11-33(35)37-31-9-1-2-10-32(31)40(43)39(38(30)36)41(37)44/h1-23H. The zero-order valence-corrected chi connectivity index (χ0v) is 25.7. The van der Waals surface area contributed by atoms with Gasteiger partial charge in [0.1, 0.15) is 0 Å². The summed E-state index contributed by atoms with van der Waals surface area (Å²) < 4.78 is 31.9. The van der Waals surface area contributed by atoms with E-state index in [4.69, 9.17) is 5.26 Å². The minimum absolute atomic E-state index is 0.160. The van der Waals surface area contributed by atoms with Crippen LogP contribution in [0.1, 0.15) is 5.56 Å². The van der Waals surface area contributed by atoms with Crippen molar-refractivity contribution in [3.63, 3.8) is 0 Å². The summed E-state index contributed by atoms with van der Waals surface area (Å²) in [5.74, 6) is 0. The average Bonchev–Trinajstić information content (AvgIpc) is 3.62. The molecule has 0 fully saturated rings. The van der Waals surface area contributed by atoms with Crippen molar-refractivity contribution in [3.8, 4) is 11.8 Å². The van der Waals surface area contributed by atoms with Crippen molar-refractivity contribution in [1.29, 1.82) is 5.26 Å². The zero-order valence-electron chi connectivity index (χ0n) is 24.8. The molecule has 5 nitrogen and oxygen atoms in total. The lowest BCUT2D eigenvalue weighted by Gasteiger charge is -2.13. The molecule has 0 radical (unpaired) electrons. The normalized spacial score (nSPS) is 12.4. The lowest BCUT2D eigenvalue weighted by Crippen LogP contribution is -2.03. The molecular weight excluding hydrogens is 599 g/mol. The van der Waals surface area contributed by atoms with E-state index in [0.717, 1.165) is 27.6 Å². The topological polar surface area (TPSA) is 67.3 Å². The van der Waals surface area contributed by atoms with Crippen molar-refractivity contribution in [2.24, 2.45) is 0 Å². The molecule has 3 heterocycles. The van der Waals surface area contributed by atoms with Gasteiger partial charge in [-0.05, 0) is 77.5 Å². The second-order valence-corrected chi connectivity index (χ2v) is 14.0. The van der Waals surface area contributed by atoms with E-state index in [2.05, 4.69) is 100.0 Å². The average molecular weight is 622 g/mol. The van der Waals surface area contributed by atoms with E-state index in [0.29, 0.717) is 5.56 Å². The van der Waals surface area contributed by atoms with Gasteiger partial charge < -0.3 is 8.97 Å². The molecule has 0 bridgehead atoms. The van der Waals surface area contributed by atoms with Gasteiger partial charge in [-0.1, -0.05) is 72.8 Å². The highest BCUT2D eigenvalue weighted by molar-refractivity contribution is 7.91. The molecule has 0 spiro atoms. The van der Waals surface area contributed by atoms with Gasteiger partial charge in [-0.2, -0.15) is 5.26 Å². The summed E-state index contributed by atoms with van der Waals surface area (Å²) in [6.07, 6.45) is 0. The van der Waals surface area contributed by atoms with Crippen LogP contribution in [0.4, 0.5) is 0 Å². The van der Waals surface area contributed by atoms with Crippen LogP contribution in [-0.4, -0.2) is 17.4 Å². The van der Waals surface area contributed by atoms with Gasteiger partial charge in [0.2, 0.25) is 9.84 Å². The van der Waals surface area contributed by atoms with Gasteiger partial charge in [-0.3, -0.25) is 0 Å². The molecule has 10 aromatic rings. The quantitative estimate of drug-likeness (QED) is 0.197. The summed E-state index contributed by atoms with van der Waals surface area (Å²) in [6, 6.07) is 47.7. The fraction of sp³-hybridized carbons (Fsp3) is 0. The van der Waals surface area contributed by atoms with Gasteiger partial charge in [0.05, 0.1) is 49.0 Å². The third kappa shape index (κ3) is 3.33. The smallest absolute Gasteiger partial charge is 0.206 e. The summed E-state index contributed by atoms with van der Waals surface area (Å²) in [4.78, 5) is 0.364. The van der Waals surface area contributed by atoms with Crippen LogP contribution in [0, 0.1) is 11.3 Å². The minimum Gasteiger partial charge on any atom is -0.309 e. The Morgan fingerprint density at radius 1 is 0.468 bits per heavy atom. The number of hydrogen-bond donors (Lipinski definition) is 0. The van der Waals surface area contributed by atoms with E-state index in [1.807, 2.05) is 18.2 Å². The Morgan fingerprint density at radius 2 is 1.00 bits per heavy atom. The van der Waals surface area contributed by atoms with Gasteiger partial charge >= 0.3 is 0 Å². The molecule has 0 saturated heterocycles. The Morgan fingerprint density at radius 3 is 1.70 bits per heavy atom. The van der Waals surface area contributed by atoms with Gasteiger partial charge in [0.15, 0.2) is 0 Å². The molecule has 0 aliphatic carbocycles. The van der Waals surface area contributed by atoms with Crippen LogP contribution in [-0.2, 0) is 9.84 Å². The third-order valence-corrected chi connectivity index (χ3v) is 11.5. The summed E-state index contributed by atoms with van der Waals surface area (Å²) in [6.45, 7) is 0. The van der Waals surface area contributed by atoms with Crippen LogP contribution in [0.2, 0.25) is 0 Å². The fourth-order valence-corrected chi connectivity index (χ4v) is 9.00. The summed E-state index contributed by atoms with van der Waals surface area (Å²) in [7, 11) is -3.77. The molecule has 0 amide bonds. The number of nitrogens with zero attached hydrogens (tertiary/aromatic N) is 3. The maximum atomic E-state index is 13.6. The summed E-state index contributed by atoms with van der Waals surface area (Å²) in [5.41, 5.74) is 6.95. The Balaban J connectivity index is 1.37. The molecule has 47 heavy (non-hydrogen) atoms. The second kappa shape index (κ2) is 9.20. The van der Waals surface area contributed by atoms with Crippen molar-refractivity contribution in [2.45, 2.75) is 9.79 Å². The summed E-state index contributed by atoms with van der Waals surface area (Å²) >= 11 is 0. The number of hydrogen-bond acceptors (Lipinski definition) is 3. The van der Waals surface area contributed by atoms with Crippen molar-refractivity contribution < 1.29 is 8.42 Å². The lowest BCUT2D eigenvalue weighted by molar-refractivity contribution is 0.596. The van der Waals surface area contributed by atoms with E-state index < -0.39 is 9.84 Å². The predicted octanol–water partition coefficient (Wildman–Crippen LogP) is 9.79. The van der Waals surface area contributed by atoms with E-state index >= 15 is 0 Å². The molecule has 0 aliphatic rings. The maximum Gasteiger partial charge on any atom is 0.206 e. The van der Waals surface area contributed by atoms with Gasteiger partial charge in [0, 0.05) is 38.0 Å². The predicted molar refractivity (Wildman–Crippen MR) is 190 cm³/mol. The molecule has 3 aromatic heterocycles. The van der Waals surface area contributed by atoms with Crippen LogP contribution < -0.4 is 0 Å². The number of fused-ring (bicyclic) bond motifs is 9. The zero-order chi connectivity index (χ0) is 31.4. The molecule has 10 rings (SSSR count). The van der Waals surface area contributed by atoms with E-state index in [1.165, 1.54) is 73.0 Å². The minimum atomic E-state index is -3.77. The highest BCUT2D eigenvalue weighted by Gasteiger charge is 2.26.